The maximum Gasteiger partial charge on any atom is 0.430 e. The van der Waals surface area contributed by atoms with Crippen LogP contribution in [0.3, 0.4) is 0 Å². The van der Waals surface area contributed by atoms with E-state index in [9.17, 15) is 36.2 Å². The Kier molecular flexibility index (Phi) is 5.80. The Bertz CT molecular complexity index is 919. The predicted octanol–water partition coefficient (Wildman–Crippen LogP) is 4.92. The molecule has 2 aromatic rings. The van der Waals surface area contributed by atoms with Crippen LogP contribution >= 0.6 is 11.8 Å². The smallest absolute Gasteiger partial charge is 0.369 e. The molecule has 1 aromatic heterocycles. The Morgan fingerprint density at radius 1 is 1.17 bits per heavy atom. The van der Waals surface area contributed by atoms with Gasteiger partial charge in [-0.3, -0.25) is 9.78 Å². The summed E-state index contributed by atoms with van der Waals surface area (Å²) in [5, 5.41) is 9.42. The first-order chi connectivity index (χ1) is 13.9. The van der Waals surface area contributed by atoms with E-state index in [1.54, 1.807) is 19.1 Å². The molecule has 0 radical (unpaired) electrons. The molecule has 3 rings (SSSR count). The highest BCUT2D eigenvalue weighted by Gasteiger charge is 2.71. The van der Waals surface area contributed by atoms with Gasteiger partial charge < -0.3 is 10.0 Å². The van der Waals surface area contributed by atoms with Crippen molar-refractivity contribution in [3.8, 4) is 0 Å². The number of hydrogen-bond acceptors (Lipinski definition) is 4. The molecule has 1 aromatic carbocycles. The van der Waals surface area contributed by atoms with E-state index in [1.165, 1.54) is 17.2 Å². The van der Waals surface area contributed by atoms with Crippen molar-refractivity contribution in [2.24, 2.45) is 0 Å². The number of rotatable bonds is 3. The largest absolute Gasteiger partial charge is 0.430 e. The summed E-state index contributed by atoms with van der Waals surface area (Å²) in [6.45, 7) is 2.00. The molecule has 4 nitrogen and oxygen atoms in total. The van der Waals surface area contributed by atoms with Crippen LogP contribution in [0.25, 0.3) is 0 Å². The molecular weight excluding hydrogens is 434 g/mol. The Hall–Kier alpha value is -2.27. The van der Waals surface area contributed by atoms with Crippen molar-refractivity contribution < 1.29 is 36.2 Å². The molecule has 1 aliphatic rings. The van der Waals surface area contributed by atoms with Crippen LogP contribution in [0.5, 0.6) is 0 Å². The zero-order valence-corrected chi connectivity index (χ0v) is 16.3. The van der Waals surface area contributed by atoms with Gasteiger partial charge >= 0.3 is 12.4 Å². The van der Waals surface area contributed by atoms with E-state index in [0.29, 0.717) is 18.6 Å². The van der Waals surface area contributed by atoms with Crippen LogP contribution in [0.1, 0.15) is 29.4 Å². The van der Waals surface area contributed by atoms with Crippen molar-refractivity contribution in [3.63, 3.8) is 0 Å². The monoisotopic (exact) mass is 450 g/mol. The minimum atomic E-state index is -5.98. The first-order valence-electron chi connectivity index (χ1n) is 8.80. The highest BCUT2D eigenvalue weighted by molar-refractivity contribution is 8.00. The number of aromatic nitrogens is 1. The van der Waals surface area contributed by atoms with E-state index in [1.807, 2.05) is 0 Å². The van der Waals surface area contributed by atoms with Crippen molar-refractivity contribution in [1.82, 2.24) is 4.98 Å². The van der Waals surface area contributed by atoms with Crippen molar-refractivity contribution >= 4 is 23.4 Å². The topological polar surface area (TPSA) is 53.4 Å². The lowest BCUT2D eigenvalue weighted by Gasteiger charge is -2.36. The number of carbonyl (C=O) groups excluding carboxylic acids is 1. The van der Waals surface area contributed by atoms with Gasteiger partial charge in [-0.15, -0.1) is 11.8 Å². The third kappa shape index (κ3) is 3.76. The number of carbonyl (C=O) groups is 1. The fraction of sp³-hybridized carbons (Fsp3) is 0.368. The lowest BCUT2D eigenvalue weighted by molar-refractivity contribution is -0.376. The Balaban J connectivity index is 2.11. The normalized spacial score (nSPS) is 17.6. The van der Waals surface area contributed by atoms with Gasteiger partial charge in [0.1, 0.15) is 5.69 Å². The number of hydrogen-bond donors (Lipinski definition) is 1. The van der Waals surface area contributed by atoms with Gasteiger partial charge in [-0.05, 0) is 30.7 Å². The van der Waals surface area contributed by atoms with E-state index in [4.69, 9.17) is 0 Å². The molecular formula is C19H16F6N2O2S. The van der Waals surface area contributed by atoms with E-state index in [-0.39, 0.29) is 28.1 Å². The van der Waals surface area contributed by atoms with Gasteiger partial charge in [0.2, 0.25) is 0 Å². The van der Waals surface area contributed by atoms with Gasteiger partial charge in [0, 0.05) is 28.5 Å². The van der Waals surface area contributed by atoms with Crippen molar-refractivity contribution in [1.29, 1.82) is 0 Å². The Labute approximate surface area is 171 Å². The highest BCUT2D eigenvalue weighted by Crippen LogP contribution is 2.52. The van der Waals surface area contributed by atoms with Gasteiger partial charge in [0.05, 0.1) is 5.69 Å². The van der Waals surface area contributed by atoms with E-state index >= 15 is 0 Å². The molecule has 30 heavy (non-hydrogen) atoms. The molecule has 1 atom stereocenters. The fourth-order valence-corrected chi connectivity index (χ4v) is 4.34. The second-order valence-corrected chi connectivity index (χ2v) is 8.01. The van der Waals surface area contributed by atoms with Gasteiger partial charge in [0.15, 0.2) is 0 Å². The molecule has 0 saturated carbocycles. The molecule has 1 amide bonds. The number of nitrogens with zero attached hydrogens (tertiary/aromatic N) is 2. The number of pyridine rings is 1. The van der Waals surface area contributed by atoms with Gasteiger partial charge in [-0.1, -0.05) is 19.1 Å². The second kappa shape index (κ2) is 7.77. The molecule has 0 fully saturated rings. The number of fused-ring (bicyclic) bond motifs is 1. The number of amides is 1. The standard InChI is InChI=1S/C19H16F6N2O2S/c1-2-12-10-27(16(28)13-5-3-4-8-26-13)14-7-6-11(9-15(14)30-12)17(29,18(20,21)22)19(23,24)25/h3-9,12,29H,2,10H2,1H3. The number of benzene rings is 1. The zero-order chi connectivity index (χ0) is 22.3. The summed E-state index contributed by atoms with van der Waals surface area (Å²) >= 11 is 1.06. The van der Waals surface area contributed by atoms with Crippen LogP contribution < -0.4 is 4.90 Å². The molecule has 1 N–H and O–H groups in total. The first kappa shape index (κ1) is 22.4. The quantitative estimate of drug-likeness (QED) is 0.675. The van der Waals surface area contributed by atoms with Gasteiger partial charge in [-0.25, -0.2) is 0 Å². The Morgan fingerprint density at radius 2 is 1.83 bits per heavy atom. The van der Waals surface area contributed by atoms with Crippen molar-refractivity contribution in [2.45, 2.75) is 41.4 Å². The number of halogens is 6. The maximum atomic E-state index is 13.2. The lowest BCUT2D eigenvalue weighted by atomic mass is 9.92. The molecule has 2 heterocycles. The predicted molar refractivity (Wildman–Crippen MR) is 98.3 cm³/mol. The van der Waals surface area contributed by atoms with Crippen molar-refractivity contribution in [2.75, 3.05) is 11.4 Å². The van der Waals surface area contributed by atoms with E-state index in [2.05, 4.69) is 4.98 Å². The highest BCUT2D eigenvalue weighted by atomic mass is 32.2. The molecule has 0 spiro atoms. The summed E-state index contributed by atoms with van der Waals surface area (Å²) in [4.78, 5) is 18.2. The second-order valence-electron chi connectivity index (χ2n) is 6.67. The third-order valence-electron chi connectivity index (χ3n) is 4.75. The van der Waals surface area contributed by atoms with Crippen LogP contribution in [0.15, 0.2) is 47.5 Å². The summed E-state index contributed by atoms with van der Waals surface area (Å²) in [5.41, 5.74) is -6.12. The van der Waals surface area contributed by atoms with Crippen LogP contribution in [-0.2, 0) is 5.60 Å². The maximum absolute atomic E-state index is 13.2. The molecule has 1 unspecified atom stereocenters. The molecule has 11 heteroatoms. The van der Waals surface area contributed by atoms with Gasteiger partial charge in [0.25, 0.3) is 11.5 Å². The third-order valence-corrected chi connectivity index (χ3v) is 6.15. The van der Waals surface area contributed by atoms with E-state index in [0.717, 1.165) is 17.8 Å². The zero-order valence-electron chi connectivity index (χ0n) is 15.5. The fourth-order valence-electron chi connectivity index (χ4n) is 3.10. The summed E-state index contributed by atoms with van der Waals surface area (Å²) in [6.07, 6.45) is -10.0. The van der Waals surface area contributed by atoms with Crippen LogP contribution in [-0.4, -0.2) is 40.1 Å². The molecule has 1 aliphatic heterocycles. The van der Waals surface area contributed by atoms with Gasteiger partial charge in [-0.2, -0.15) is 26.3 Å². The minimum absolute atomic E-state index is 0.0433. The molecule has 0 saturated heterocycles. The molecule has 0 aliphatic carbocycles. The van der Waals surface area contributed by atoms with Crippen molar-refractivity contribution in [3.05, 3.63) is 53.9 Å². The SMILES string of the molecule is CCC1CN(C(=O)c2ccccn2)c2ccc(C(O)(C(F)(F)F)C(F)(F)F)cc2S1. The minimum Gasteiger partial charge on any atom is -0.369 e. The molecule has 162 valence electrons. The number of anilines is 1. The summed E-state index contributed by atoms with van der Waals surface area (Å²) < 4.78 is 79.4. The number of aliphatic hydroxyl groups is 1. The average Bonchev–Trinajstić information content (AvgIpc) is 2.70. The van der Waals surface area contributed by atoms with E-state index < -0.39 is 29.4 Å². The summed E-state index contributed by atoms with van der Waals surface area (Å²) in [5.74, 6) is -0.523. The average molecular weight is 450 g/mol. The first-order valence-corrected chi connectivity index (χ1v) is 9.68. The Morgan fingerprint density at radius 3 is 2.37 bits per heavy atom. The lowest BCUT2D eigenvalue weighted by Crippen LogP contribution is -2.54. The van der Waals surface area contributed by atoms with Crippen LogP contribution in [0, 0.1) is 0 Å². The summed E-state index contributed by atoms with van der Waals surface area (Å²) in [6, 6.07) is 6.85. The van der Waals surface area contributed by atoms with Crippen LogP contribution in [0.2, 0.25) is 0 Å². The number of alkyl halides is 6. The van der Waals surface area contributed by atoms with Crippen LogP contribution in [0.4, 0.5) is 32.0 Å². The molecule has 0 bridgehead atoms. The number of thioether (sulfide) groups is 1. The summed E-state index contributed by atoms with van der Waals surface area (Å²) in [7, 11) is 0.